The first-order valence-electron chi connectivity index (χ1n) is 13.1. The number of phenolic OH excluding ortho intramolecular Hbond substituents is 1. The third-order valence-corrected chi connectivity index (χ3v) is 8.82. The van der Waals surface area contributed by atoms with Crippen LogP contribution in [0.25, 0.3) is 5.76 Å². The molecule has 43 heavy (non-hydrogen) atoms. The normalized spacial score (nSPS) is 16.0. The number of rotatable bonds is 8. The minimum absolute atomic E-state index is 0.0878. The summed E-state index contributed by atoms with van der Waals surface area (Å²) in [7, 11) is 1.37. The molecule has 0 aliphatic carbocycles. The fourth-order valence-corrected chi connectivity index (χ4v) is 6.35. The van der Waals surface area contributed by atoms with Crippen LogP contribution in [0.5, 0.6) is 17.2 Å². The first-order chi connectivity index (χ1) is 20.5. The van der Waals surface area contributed by atoms with Crippen LogP contribution in [0.15, 0.2) is 70.7 Å². The second kappa shape index (κ2) is 12.0. The van der Waals surface area contributed by atoms with E-state index in [0.29, 0.717) is 28.5 Å². The quantitative estimate of drug-likeness (QED) is 0.0930. The summed E-state index contributed by atoms with van der Waals surface area (Å²) < 4.78 is 11.5. The minimum Gasteiger partial charge on any atom is -0.507 e. The van der Waals surface area contributed by atoms with E-state index in [1.165, 1.54) is 26.2 Å². The molecule has 11 heteroatoms. The van der Waals surface area contributed by atoms with Gasteiger partial charge in [-0.1, -0.05) is 41.2 Å². The Balaban J connectivity index is 1.59. The van der Waals surface area contributed by atoms with Crippen molar-refractivity contribution in [2.75, 3.05) is 12.0 Å². The molecule has 1 amide bonds. The number of aromatic hydroxyl groups is 1. The molecule has 1 unspecified atom stereocenters. The maximum Gasteiger partial charge on any atom is 0.301 e. The van der Waals surface area contributed by atoms with Gasteiger partial charge in [-0.05, 0) is 77.3 Å². The Morgan fingerprint density at radius 1 is 1.09 bits per heavy atom. The number of methoxy groups -OCH3 is 1. The van der Waals surface area contributed by atoms with E-state index in [0.717, 1.165) is 27.4 Å². The summed E-state index contributed by atoms with van der Waals surface area (Å²) in [6.07, 6.45) is 0. The summed E-state index contributed by atoms with van der Waals surface area (Å²) >= 11 is 4.28. The molecule has 0 spiro atoms. The Morgan fingerprint density at radius 3 is 2.44 bits per heavy atom. The van der Waals surface area contributed by atoms with Crippen molar-refractivity contribution in [1.82, 2.24) is 4.98 Å². The van der Waals surface area contributed by atoms with Gasteiger partial charge in [-0.2, -0.15) is 0 Å². The van der Waals surface area contributed by atoms with Gasteiger partial charge in [0.1, 0.15) is 18.1 Å². The fraction of sp³-hybridized carbons (Fsp3) is 0.188. The summed E-state index contributed by atoms with van der Waals surface area (Å²) in [5, 5.41) is 22.1. The molecule has 4 aromatic rings. The summed E-state index contributed by atoms with van der Waals surface area (Å²) in [4.78, 5) is 45.2. The van der Waals surface area contributed by atoms with E-state index in [2.05, 4.69) is 20.9 Å². The zero-order chi connectivity index (χ0) is 31.0. The number of phenols is 1. The van der Waals surface area contributed by atoms with Crippen LogP contribution >= 0.6 is 27.3 Å². The van der Waals surface area contributed by atoms with E-state index in [1.54, 1.807) is 31.2 Å². The molecule has 9 nitrogen and oxygen atoms in total. The fourth-order valence-electron chi connectivity index (χ4n) is 4.90. The van der Waals surface area contributed by atoms with Crippen LogP contribution < -0.4 is 14.4 Å². The number of anilines is 1. The van der Waals surface area contributed by atoms with Gasteiger partial charge in [-0.25, -0.2) is 4.98 Å². The van der Waals surface area contributed by atoms with Crippen LogP contribution in [0.2, 0.25) is 0 Å². The molecule has 0 saturated carbocycles. The van der Waals surface area contributed by atoms with Crippen LogP contribution in [0, 0.1) is 13.8 Å². The summed E-state index contributed by atoms with van der Waals surface area (Å²) in [6.45, 7) is 5.39. The highest BCUT2D eigenvalue weighted by Crippen LogP contribution is 2.47. The van der Waals surface area contributed by atoms with Gasteiger partial charge in [0.15, 0.2) is 22.4 Å². The molecule has 1 atom stereocenters. The number of aliphatic hydroxyl groups excluding tert-OH is 1. The van der Waals surface area contributed by atoms with Crippen LogP contribution in [0.1, 0.15) is 50.6 Å². The highest BCUT2D eigenvalue weighted by molar-refractivity contribution is 9.10. The first kappa shape index (κ1) is 30.0. The number of thiazole rings is 1. The van der Waals surface area contributed by atoms with Crippen molar-refractivity contribution in [2.45, 2.75) is 33.4 Å². The molecule has 220 valence electrons. The number of amides is 1. The van der Waals surface area contributed by atoms with Crippen molar-refractivity contribution in [3.8, 4) is 17.2 Å². The number of nitrogens with zero attached hydrogens (tertiary/aromatic N) is 2. The lowest BCUT2D eigenvalue weighted by Gasteiger charge is -2.24. The number of carbonyl (C=O) groups is 3. The monoisotopic (exact) mass is 662 g/mol. The number of benzene rings is 3. The number of aromatic nitrogens is 1. The third kappa shape index (κ3) is 5.78. The van der Waals surface area contributed by atoms with Crippen molar-refractivity contribution in [1.29, 1.82) is 0 Å². The molecule has 1 aliphatic heterocycles. The largest absolute Gasteiger partial charge is 0.507 e. The van der Waals surface area contributed by atoms with Crippen LogP contribution in [-0.2, 0) is 16.2 Å². The third-order valence-electron chi connectivity index (χ3n) is 6.96. The zero-order valence-electron chi connectivity index (χ0n) is 23.7. The number of carbonyl (C=O) groups excluding carboxylic acids is 3. The van der Waals surface area contributed by atoms with E-state index >= 15 is 0 Å². The van der Waals surface area contributed by atoms with E-state index in [4.69, 9.17) is 9.47 Å². The Kier molecular flexibility index (Phi) is 8.38. The van der Waals surface area contributed by atoms with E-state index in [1.807, 2.05) is 31.2 Å². The lowest BCUT2D eigenvalue weighted by atomic mass is 9.95. The molecular weight excluding hydrogens is 636 g/mol. The number of Topliss-reactive ketones (excluding diaryl/α,β-unsaturated/α-hetero) is 2. The summed E-state index contributed by atoms with van der Waals surface area (Å²) in [5.41, 5.74) is 3.01. The molecule has 1 saturated heterocycles. The molecule has 3 aromatic carbocycles. The van der Waals surface area contributed by atoms with Crippen LogP contribution in [0.4, 0.5) is 5.13 Å². The zero-order valence-corrected chi connectivity index (χ0v) is 26.1. The Labute approximate surface area is 260 Å². The van der Waals surface area contributed by atoms with Crippen molar-refractivity contribution >= 4 is 55.6 Å². The summed E-state index contributed by atoms with van der Waals surface area (Å²) in [6, 6.07) is 16.3. The van der Waals surface area contributed by atoms with Crippen molar-refractivity contribution in [3.05, 3.63) is 104 Å². The maximum absolute atomic E-state index is 13.6. The van der Waals surface area contributed by atoms with Gasteiger partial charge in [0.25, 0.3) is 5.78 Å². The molecule has 1 aliphatic rings. The van der Waals surface area contributed by atoms with Gasteiger partial charge in [0.05, 0.1) is 33.8 Å². The highest BCUT2D eigenvalue weighted by Gasteiger charge is 2.48. The highest BCUT2D eigenvalue weighted by atomic mass is 79.9. The standard InChI is InChI=1S/C32H27BrN2O7S/c1-16-6-5-7-19(12-16)15-42-22-10-8-20(9-11-22)27(37)25-26(21-13-23(33)28(38)24(14-21)41-4)35(31(40)29(25)39)32-34-17(2)30(43-32)18(3)36/h5-14,26,37-38H,15H2,1-4H3. The predicted octanol–water partition coefficient (Wildman–Crippen LogP) is 6.64. The molecule has 2 heterocycles. The molecule has 0 bridgehead atoms. The van der Waals surface area contributed by atoms with Crippen LogP contribution in [-0.4, -0.2) is 39.8 Å². The average molecular weight is 664 g/mol. The van der Waals surface area contributed by atoms with E-state index in [9.17, 15) is 24.6 Å². The van der Waals surface area contributed by atoms with Crippen LogP contribution in [0.3, 0.4) is 0 Å². The Bertz CT molecular complexity index is 1800. The maximum atomic E-state index is 13.6. The average Bonchev–Trinajstić information content (AvgIpc) is 3.49. The number of ketones is 2. The Morgan fingerprint density at radius 2 is 1.81 bits per heavy atom. The number of aliphatic hydroxyl groups is 1. The topological polar surface area (TPSA) is 126 Å². The minimum atomic E-state index is -1.14. The van der Waals surface area contributed by atoms with Crippen molar-refractivity contribution in [3.63, 3.8) is 0 Å². The predicted molar refractivity (Wildman–Crippen MR) is 166 cm³/mol. The van der Waals surface area contributed by atoms with Gasteiger partial charge < -0.3 is 19.7 Å². The SMILES string of the molecule is COc1cc(C2C(=C(O)c3ccc(OCc4cccc(C)c4)cc3)C(=O)C(=O)N2c2nc(C)c(C(C)=O)s2)cc(Br)c1O. The second-order valence-corrected chi connectivity index (χ2v) is 11.8. The van der Waals surface area contributed by atoms with Crippen molar-refractivity contribution < 1.29 is 34.1 Å². The number of hydrogen-bond donors (Lipinski definition) is 2. The molecule has 1 aromatic heterocycles. The van der Waals surface area contributed by atoms with Gasteiger partial charge in [-0.15, -0.1) is 0 Å². The lowest BCUT2D eigenvalue weighted by Crippen LogP contribution is -2.29. The smallest absolute Gasteiger partial charge is 0.301 e. The van der Waals surface area contributed by atoms with Gasteiger partial charge in [0.2, 0.25) is 0 Å². The summed E-state index contributed by atoms with van der Waals surface area (Å²) in [5.74, 6) is -2.01. The number of hydrogen-bond acceptors (Lipinski definition) is 9. The lowest BCUT2D eigenvalue weighted by molar-refractivity contribution is -0.132. The molecule has 2 N–H and O–H groups in total. The van der Waals surface area contributed by atoms with Crippen molar-refractivity contribution in [2.24, 2.45) is 0 Å². The Hall–Kier alpha value is -4.48. The number of ether oxygens (including phenoxy) is 2. The molecule has 0 radical (unpaired) electrons. The first-order valence-corrected chi connectivity index (χ1v) is 14.8. The van der Waals surface area contributed by atoms with E-state index in [-0.39, 0.29) is 38.0 Å². The molecule has 1 fully saturated rings. The van der Waals surface area contributed by atoms with Gasteiger partial charge in [0, 0.05) is 12.5 Å². The second-order valence-electron chi connectivity index (χ2n) is 9.99. The number of halogens is 1. The van der Waals surface area contributed by atoms with E-state index < -0.39 is 23.5 Å². The number of aryl methyl sites for hydroxylation is 2. The van der Waals surface area contributed by atoms with Gasteiger partial charge >= 0.3 is 5.91 Å². The van der Waals surface area contributed by atoms with Gasteiger partial charge in [-0.3, -0.25) is 19.3 Å². The molecular formula is C32H27BrN2O7S. The molecule has 5 rings (SSSR count).